The summed E-state index contributed by atoms with van der Waals surface area (Å²) in [6, 6.07) is 5.74. The van der Waals surface area contributed by atoms with Crippen molar-refractivity contribution in [3.8, 4) is 0 Å². The van der Waals surface area contributed by atoms with Crippen molar-refractivity contribution >= 4 is 23.8 Å². The number of amides is 2. The molecule has 1 aliphatic heterocycles. The molecule has 0 saturated carbocycles. The fraction of sp³-hybridized carbons (Fsp3) is 0.636. The van der Waals surface area contributed by atoms with Crippen molar-refractivity contribution in [2.75, 3.05) is 33.4 Å². The fourth-order valence-corrected chi connectivity index (χ4v) is 3.74. The zero-order valence-electron chi connectivity index (χ0n) is 18.5. The van der Waals surface area contributed by atoms with Crippen LogP contribution in [0.2, 0.25) is 5.02 Å². The lowest BCUT2D eigenvalue weighted by molar-refractivity contribution is -0.0248. The number of alkyl carbamates (subject to hydrolysis) is 1. The lowest BCUT2D eigenvalue weighted by atomic mass is 9.86. The molecule has 168 valence electrons. The third-order valence-corrected chi connectivity index (χ3v) is 5.17. The van der Waals surface area contributed by atoms with Gasteiger partial charge in [0.1, 0.15) is 5.60 Å². The lowest BCUT2D eigenvalue weighted by Crippen LogP contribution is -2.44. The highest BCUT2D eigenvalue weighted by atomic mass is 35.5. The SMILES string of the molecule is COC(=O)NCCOC(c1cc(Cl)ccc1C)C1CCCN(C(=O)OC(C)(C)C)C1. The number of halogens is 1. The Hall–Kier alpha value is -1.99. The highest BCUT2D eigenvalue weighted by molar-refractivity contribution is 6.30. The molecular formula is C22H33ClN2O5. The molecule has 8 heteroatoms. The van der Waals surface area contributed by atoms with E-state index in [1.54, 1.807) is 4.90 Å². The molecule has 1 N–H and O–H groups in total. The Kier molecular flexibility index (Phi) is 8.79. The third-order valence-electron chi connectivity index (χ3n) is 4.94. The van der Waals surface area contributed by atoms with Gasteiger partial charge in [0.15, 0.2) is 0 Å². The highest BCUT2D eigenvalue weighted by Crippen LogP contribution is 2.36. The summed E-state index contributed by atoms with van der Waals surface area (Å²) in [6.07, 6.45) is 0.724. The monoisotopic (exact) mass is 440 g/mol. The van der Waals surface area contributed by atoms with Gasteiger partial charge in [-0.1, -0.05) is 17.7 Å². The van der Waals surface area contributed by atoms with Crippen molar-refractivity contribution in [3.05, 3.63) is 34.3 Å². The van der Waals surface area contributed by atoms with Crippen LogP contribution in [0.1, 0.15) is 50.8 Å². The Morgan fingerprint density at radius 2 is 2.07 bits per heavy atom. The van der Waals surface area contributed by atoms with Crippen molar-refractivity contribution in [2.45, 2.75) is 52.2 Å². The number of aryl methyl sites for hydroxylation is 1. The largest absolute Gasteiger partial charge is 0.453 e. The van der Waals surface area contributed by atoms with Crippen molar-refractivity contribution < 1.29 is 23.8 Å². The average molecular weight is 441 g/mol. The summed E-state index contributed by atoms with van der Waals surface area (Å²) in [4.78, 5) is 25.6. The molecule has 7 nitrogen and oxygen atoms in total. The summed E-state index contributed by atoms with van der Waals surface area (Å²) in [5, 5.41) is 3.26. The van der Waals surface area contributed by atoms with Crippen LogP contribution in [-0.2, 0) is 14.2 Å². The second-order valence-corrected chi connectivity index (χ2v) is 8.98. The summed E-state index contributed by atoms with van der Waals surface area (Å²) in [7, 11) is 1.32. The Labute approximate surface area is 184 Å². The number of carbonyl (C=O) groups excluding carboxylic acids is 2. The maximum absolute atomic E-state index is 12.6. The van der Waals surface area contributed by atoms with Crippen molar-refractivity contribution in [3.63, 3.8) is 0 Å². The van der Waals surface area contributed by atoms with Gasteiger partial charge in [0.2, 0.25) is 0 Å². The first kappa shape index (κ1) is 24.3. The number of hydrogen-bond acceptors (Lipinski definition) is 5. The van der Waals surface area contributed by atoms with Crippen LogP contribution in [0.15, 0.2) is 18.2 Å². The molecule has 0 aromatic heterocycles. The van der Waals surface area contributed by atoms with Gasteiger partial charge in [0, 0.05) is 30.6 Å². The van der Waals surface area contributed by atoms with Gasteiger partial charge < -0.3 is 24.4 Å². The minimum absolute atomic E-state index is 0.0848. The van der Waals surface area contributed by atoms with E-state index < -0.39 is 11.7 Å². The van der Waals surface area contributed by atoms with Crippen LogP contribution in [-0.4, -0.2) is 56.0 Å². The zero-order chi connectivity index (χ0) is 22.3. The van der Waals surface area contributed by atoms with E-state index in [4.69, 9.17) is 21.1 Å². The van der Waals surface area contributed by atoms with Gasteiger partial charge in [-0.05, 0) is 63.8 Å². The lowest BCUT2D eigenvalue weighted by Gasteiger charge is -2.38. The molecule has 2 atom stereocenters. The third kappa shape index (κ3) is 7.36. The van der Waals surface area contributed by atoms with Crippen LogP contribution in [0.4, 0.5) is 9.59 Å². The maximum Gasteiger partial charge on any atom is 0.410 e. The predicted molar refractivity (Wildman–Crippen MR) is 116 cm³/mol. The molecule has 30 heavy (non-hydrogen) atoms. The van der Waals surface area contributed by atoms with Crippen LogP contribution >= 0.6 is 11.6 Å². The first-order valence-corrected chi connectivity index (χ1v) is 10.7. The normalized spacial score (nSPS) is 17.9. The van der Waals surface area contributed by atoms with Crippen molar-refractivity contribution in [1.82, 2.24) is 10.2 Å². The number of ether oxygens (including phenoxy) is 3. The van der Waals surface area contributed by atoms with E-state index in [1.165, 1.54) is 7.11 Å². The Morgan fingerprint density at radius 1 is 1.33 bits per heavy atom. The molecule has 1 aromatic carbocycles. The number of piperidine rings is 1. The number of rotatable bonds is 6. The molecule has 1 aromatic rings. The summed E-state index contributed by atoms with van der Waals surface area (Å²) in [5.41, 5.74) is 1.53. The molecule has 2 rings (SSSR count). The number of hydrogen-bond donors (Lipinski definition) is 1. The Bertz CT molecular complexity index is 735. The molecule has 1 aliphatic rings. The minimum Gasteiger partial charge on any atom is -0.453 e. The molecular weight excluding hydrogens is 408 g/mol. The van der Waals surface area contributed by atoms with Gasteiger partial charge in [-0.15, -0.1) is 0 Å². The number of nitrogens with one attached hydrogen (secondary N) is 1. The van der Waals surface area contributed by atoms with Crippen LogP contribution in [0.3, 0.4) is 0 Å². The quantitative estimate of drug-likeness (QED) is 0.648. The zero-order valence-corrected chi connectivity index (χ0v) is 19.3. The number of nitrogens with zero attached hydrogens (tertiary/aromatic N) is 1. The number of methoxy groups -OCH3 is 1. The van der Waals surface area contributed by atoms with Gasteiger partial charge in [0.05, 0.1) is 19.8 Å². The summed E-state index contributed by atoms with van der Waals surface area (Å²) >= 11 is 6.26. The van der Waals surface area contributed by atoms with E-state index in [1.807, 2.05) is 45.9 Å². The number of likely N-dealkylation sites (tertiary alicyclic amines) is 1. The van der Waals surface area contributed by atoms with Crippen LogP contribution in [0, 0.1) is 12.8 Å². The molecule has 2 amide bonds. The van der Waals surface area contributed by atoms with Crippen LogP contribution in [0.5, 0.6) is 0 Å². The molecule has 0 bridgehead atoms. The number of benzene rings is 1. The molecule has 2 unspecified atom stereocenters. The van der Waals surface area contributed by atoms with Crippen LogP contribution < -0.4 is 5.32 Å². The van der Waals surface area contributed by atoms with E-state index in [2.05, 4.69) is 10.1 Å². The van der Waals surface area contributed by atoms with Gasteiger partial charge in [-0.2, -0.15) is 0 Å². The topological polar surface area (TPSA) is 77.1 Å². The van der Waals surface area contributed by atoms with Gasteiger partial charge in [-0.25, -0.2) is 9.59 Å². The van der Waals surface area contributed by atoms with Gasteiger partial charge >= 0.3 is 12.2 Å². The molecule has 0 radical (unpaired) electrons. The minimum atomic E-state index is -0.539. The summed E-state index contributed by atoms with van der Waals surface area (Å²) < 4.78 is 16.4. The first-order chi connectivity index (χ1) is 14.1. The van der Waals surface area contributed by atoms with Gasteiger partial charge in [0.25, 0.3) is 0 Å². The van der Waals surface area contributed by atoms with Crippen molar-refractivity contribution in [2.24, 2.45) is 5.92 Å². The maximum atomic E-state index is 12.6. The Balaban J connectivity index is 2.15. The molecule has 1 heterocycles. The van der Waals surface area contributed by atoms with Crippen LogP contribution in [0.25, 0.3) is 0 Å². The second kappa shape index (κ2) is 10.9. The first-order valence-electron chi connectivity index (χ1n) is 10.3. The molecule has 1 saturated heterocycles. The van der Waals surface area contributed by atoms with Crippen molar-refractivity contribution in [1.29, 1.82) is 0 Å². The van der Waals surface area contributed by atoms with E-state index in [9.17, 15) is 9.59 Å². The van der Waals surface area contributed by atoms with E-state index in [-0.39, 0.29) is 18.1 Å². The Morgan fingerprint density at radius 3 is 2.73 bits per heavy atom. The second-order valence-electron chi connectivity index (χ2n) is 8.54. The average Bonchev–Trinajstić information content (AvgIpc) is 2.68. The van der Waals surface area contributed by atoms with E-state index in [0.29, 0.717) is 31.3 Å². The van der Waals surface area contributed by atoms with E-state index in [0.717, 1.165) is 24.0 Å². The van der Waals surface area contributed by atoms with E-state index >= 15 is 0 Å². The molecule has 1 fully saturated rings. The summed E-state index contributed by atoms with van der Waals surface area (Å²) in [5.74, 6) is 0.0848. The fourth-order valence-electron chi connectivity index (χ4n) is 3.56. The smallest absolute Gasteiger partial charge is 0.410 e. The standard InChI is InChI=1S/C22H33ClN2O5/c1-15-8-9-17(23)13-18(15)19(29-12-10-24-20(26)28-5)16-7-6-11-25(14-16)21(27)30-22(2,3)4/h8-9,13,16,19H,6-7,10-12,14H2,1-5H3,(H,24,26). The molecule has 0 spiro atoms. The molecule has 0 aliphatic carbocycles. The highest BCUT2D eigenvalue weighted by Gasteiger charge is 2.33. The number of carbonyl (C=O) groups is 2. The van der Waals surface area contributed by atoms with Gasteiger partial charge in [-0.3, -0.25) is 0 Å². The predicted octanol–water partition coefficient (Wildman–Crippen LogP) is 4.71. The summed E-state index contributed by atoms with van der Waals surface area (Å²) in [6.45, 7) is 9.45.